The number of nitrogens with one attached hydrogen (secondary N) is 2. The average molecular weight is 386 g/mol. The Morgan fingerprint density at radius 3 is 2.39 bits per heavy atom. The molecule has 0 aromatic heterocycles. The van der Waals surface area contributed by atoms with E-state index in [1.807, 2.05) is 25.1 Å². The van der Waals surface area contributed by atoms with Gasteiger partial charge in [0.25, 0.3) is 5.91 Å². The van der Waals surface area contributed by atoms with E-state index in [4.69, 9.17) is 0 Å². The molecule has 6 heteroatoms. The second-order valence-corrected chi connectivity index (χ2v) is 8.21. The zero-order valence-corrected chi connectivity index (χ0v) is 16.9. The van der Waals surface area contributed by atoms with Gasteiger partial charge in [-0.1, -0.05) is 56.0 Å². The molecule has 1 aromatic rings. The Labute approximate surface area is 167 Å². The van der Waals surface area contributed by atoms with E-state index in [1.165, 1.54) is 5.56 Å². The van der Waals surface area contributed by atoms with Gasteiger partial charge in [0.15, 0.2) is 0 Å². The summed E-state index contributed by atoms with van der Waals surface area (Å²) < 4.78 is 0. The van der Waals surface area contributed by atoms with Crippen molar-refractivity contribution in [3.05, 3.63) is 35.9 Å². The predicted molar refractivity (Wildman–Crippen MR) is 108 cm³/mol. The summed E-state index contributed by atoms with van der Waals surface area (Å²) in [6.45, 7) is 3.58. The maximum absolute atomic E-state index is 13.1. The summed E-state index contributed by atoms with van der Waals surface area (Å²) in [4.78, 5) is 39.4. The van der Waals surface area contributed by atoms with Crippen LogP contribution in [0.3, 0.4) is 0 Å². The van der Waals surface area contributed by atoms with Gasteiger partial charge < -0.3 is 10.6 Å². The number of hydrogen-bond donors (Lipinski definition) is 2. The highest BCUT2D eigenvalue weighted by Gasteiger charge is 2.53. The van der Waals surface area contributed by atoms with Gasteiger partial charge in [-0.3, -0.25) is 9.59 Å². The Balaban J connectivity index is 1.57. The number of rotatable bonds is 6. The van der Waals surface area contributed by atoms with Crippen molar-refractivity contribution in [1.29, 1.82) is 0 Å². The highest BCUT2D eigenvalue weighted by atomic mass is 16.2. The van der Waals surface area contributed by atoms with Crippen LogP contribution in [0.5, 0.6) is 0 Å². The van der Waals surface area contributed by atoms with E-state index in [9.17, 15) is 14.4 Å². The number of hydrogen-bond acceptors (Lipinski definition) is 3. The lowest BCUT2D eigenvalue weighted by molar-refractivity contribution is -0.138. The second kappa shape index (κ2) is 8.76. The molecule has 1 heterocycles. The van der Waals surface area contributed by atoms with E-state index in [0.29, 0.717) is 12.8 Å². The number of urea groups is 1. The van der Waals surface area contributed by atoms with Crippen LogP contribution in [0.1, 0.15) is 64.4 Å². The van der Waals surface area contributed by atoms with Crippen LogP contribution in [0.2, 0.25) is 0 Å². The number of carbonyl (C=O) groups excluding carboxylic acids is 3. The van der Waals surface area contributed by atoms with E-state index >= 15 is 0 Å². The minimum absolute atomic E-state index is 0.0391. The highest BCUT2D eigenvalue weighted by molar-refractivity contribution is 6.09. The predicted octanol–water partition coefficient (Wildman–Crippen LogP) is 3.16. The quantitative estimate of drug-likeness (QED) is 0.739. The van der Waals surface area contributed by atoms with Gasteiger partial charge in [0, 0.05) is 6.04 Å². The third-order valence-corrected chi connectivity index (χ3v) is 6.01. The third-order valence-electron chi connectivity index (χ3n) is 6.01. The lowest BCUT2D eigenvalue weighted by atomic mass is 9.90. The molecule has 152 valence electrons. The molecule has 2 N–H and O–H groups in total. The van der Waals surface area contributed by atoms with E-state index in [1.54, 1.807) is 6.92 Å². The standard InChI is InChI=1S/C22H31N3O3/c1-16(12-13-18-10-6-5-7-11-18)23-19(26)17(2)25-20(27)22(24-21(25)28)14-8-3-4-9-15-22/h5-7,10-11,16-17H,3-4,8-9,12-15H2,1-2H3,(H,23,26)(H,24,28)/t16-,17-/m0/s1. The van der Waals surface area contributed by atoms with Crippen LogP contribution < -0.4 is 10.6 Å². The largest absolute Gasteiger partial charge is 0.352 e. The fraction of sp³-hybridized carbons (Fsp3) is 0.591. The van der Waals surface area contributed by atoms with Crippen LogP contribution in [0.15, 0.2) is 30.3 Å². The van der Waals surface area contributed by atoms with E-state index in [0.717, 1.165) is 43.4 Å². The van der Waals surface area contributed by atoms with E-state index < -0.39 is 17.6 Å². The maximum atomic E-state index is 13.1. The summed E-state index contributed by atoms with van der Waals surface area (Å²) in [5.74, 6) is -0.520. The van der Waals surface area contributed by atoms with Crippen LogP contribution in [0.4, 0.5) is 4.79 Å². The zero-order valence-electron chi connectivity index (χ0n) is 16.9. The Bertz CT molecular complexity index is 711. The number of imide groups is 1. The fourth-order valence-electron chi connectivity index (χ4n) is 4.24. The number of amides is 4. The molecule has 1 aromatic carbocycles. The summed E-state index contributed by atoms with van der Waals surface area (Å²) in [7, 11) is 0. The van der Waals surface area contributed by atoms with E-state index in [-0.39, 0.29) is 17.9 Å². The molecular formula is C22H31N3O3. The minimum Gasteiger partial charge on any atom is -0.352 e. The van der Waals surface area contributed by atoms with Crippen molar-refractivity contribution in [2.75, 3.05) is 0 Å². The molecule has 2 fully saturated rings. The Kier molecular flexibility index (Phi) is 6.37. The maximum Gasteiger partial charge on any atom is 0.325 e. The van der Waals surface area contributed by atoms with Crippen LogP contribution in [0.25, 0.3) is 0 Å². The molecule has 1 saturated heterocycles. The first kappa shape index (κ1) is 20.4. The van der Waals surface area contributed by atoms with Gasteiger partial charge in [0.2, 0.25) is 5.91 Å². The topological polar surface area (TPSA) is 78.5 Å². The van der Waals surface area contributed by atoms with Crippen molar-refractivity contribution in [3.8, 4) is 0 Å². The highest BCUT2D eigenvalue weighted by Crippen LogP contribution is 2.33. The molecule has 6 nitrogen and oxygen atoms in total. The van der Waals surface area contributed by atoms with Crippen molar-refractivity contribution in [2.24, 2.45) is 0 Å². The van der Waals surface area contributed by atoms with Gasteiger partial charge in [-0.05, 0) is 45.1 Å². The smallest absolute Gasteiger partial charge is 0.325 e. The van der Waals surface area contributed by atoms with E-state index in [2.05, 4.69) is 22.8 Å². The third kappa shape index (κ3) is 4.37. The van der Waals surface area contributed by atoms with Crippen LogP contribution >= 0.6 is 0 Å². The SMILES string of the molecule is C[C@@H](CCc1ccccc1)NC(=O)[C@H](C)N1C(=O)NC2(CCCCCC2)C1=O. The van der Waals surface area contributed by atoms with Crippen molar-refractivity contribution >= 4 is 17.8 Å². The number of benzene rings is 1. The summed E-state index contributed by atoms with van der Waals surface area (Å²) in [6, 6.07) is 8.83. The van der Waals surface area contributed by atoms with Crippen molar-refractivity contribution < 1.29 is 14.4 Å². The van der Waals surface area contributed by atoms with Crippen molar-refractivity contribution in [3.63, 3.8) is 0 Å². The molecule has 1 aliphatic carbocycles. The van der Waals surface area contributed by atoms with Gasteiger partial charge >= 0.3 is 6.03 Å². The monoisotopic (exact) mass is 385 g/mol. The first-order valence-electron chi connectivity index (χ1n) is 10.4. The summed E-state index contributed by atoms with van der Waals surface area (Å²) in [5, 5.41) is 5.86. The summed E-state index contributed by atoms with van der Waals surface area (Å²) >= 11 is 0. The molecule has 1 saturated carbocycles. The Morgan fingerprint density at radius 1 is 1.11 bits per heavy atom. The molecule has 4 amide bonds. The van der Waals surface area contributed by atoms with Crippen LogP contribution in [-0.4, -0.2) is 40.4 Å². The number of carbonyl (C=O) groups is 3. The Hall–Kier alpha value is -2.37. The normalized spacial score (nSPS) is 21.1. The molecule has 0 unspecified atom stereocenters. The molecule has 1 aliphatic heterocycles. The van der Waals surface area contributed by atoms with Crippen LogP contribution in [-0.2, 0) is 16.0 Å². The van der Waals surface area contributed by atoms with Gasteiger partial charge in [-0.25, -0.2) is 9.69 Å². The average Bonchev–Trinajstić information content (AvgIpc) is 2.83. The van der Waals surface area contributed by atoms with Gasteiger partial charge in [-0.15, -0.1) is 0 Å². The van der Waals surface area contributed by atoms with Gasteiger partial charge in [-0.2, -0.15) is 0 Å². The Morgan fingerprint density at radius 2 is 1.75 bits per heavy atom. The molecule has 2 atom stereocenters. The summed E-state index contributed by atoms with van der Waals surface area (Å²) in [5.41, 5.74) is 0.419. The minimum atomic E-state index is -0.811. The molecule has 0 bridgehead atoms. The number of nitrogens with zero attached hydrogens (tertiary/aromatic N) is 1. The van der Waals surface area contributed by atoms with Crippen LogP contribution in [0, 0.1) is 0 Å². The molecule has 1 spiro atoms. The molecule has 0 radical (unpaired) electrons. The number of aryl methyl sites for hydroxylation is 1. The second-order valence-electron chi connectivity index (χ2n) is 8.21. The first-order chi connectivity index (χ1) is 13.4. The first-order valence-corrected chi connectivity index (χ1v) is 10.4. The molecule has 2 aliphatic rings. The van der Waals surface area contributed by atoms with Gasteiger partial charge in [0.05, 0.1) is 0 Å². The van der Waals surface area contributed by atoms with Gasteiger partial charge in [0.1, 0.15) is 11.6 Å². The lowest BCUT2D eigenvalue weighted by Gasteiger charge is -2.27. The molecule has 3 rings (SSSR count). The lowest BCUT2D eigenvalue weighted by Crippen LogP contribution is -2.51. The fourth-order valence-corrected chi connectivity index (χ4v) is 4.24. The summed E-state index contributed by atoms with van der Waals surface area (Å²) in [6.07, 6.45) is 7.01. The molecular weight excluding hydrogens is 354 g/mol. The van der Waals surface area contributed by atoms with Crippen molar-refractivity contribution in [2.45, 2.75) is 82.8 Å². The molecule has 28 heavy (non-hydrogen) atoms. The van der Waals surface area contributed by atoms with Crippen molar-refractivity contribution in [1.82, 2.24) is 15.5 Å². The zero-order chi connectivity index (χ0) is 20.1.